The van der Waals surface area contributed by atoms with Crippen molar-refractivity contribution in [3.8, 4) is 11.5 Å². The molecule has 6 heteroatoms. The van der Waals surface area contributed by atoms with Gasteiger partial charge in [0.1, 0.15) is 17.5 Å². The highest BCUT2D eigenvalue weighted by Crippen LogP contribution is 2.31. The van der Waals surface area contributed by atoms with Crippen molar-refractivity contribution in [3.63, 3.8) is 0 Å². The van der Waals surface area contributed by atoms with E-state index < -0.39 is 6.04 Å². The van der Waals surface area contributed by atoms with E-state index in [0.717, 1.165) is 11.3 Å². The number of carbonyl (C=O) groups excluding carboxylic acids is 2. The number of hydrogen-bond donors (Lipinski definition) is 2. The summed E-state index contributed by atoms with van der Waals surface area (Å²) in [5.74, 6) is 0.695. The van der Waals surface area contributed by atoms with E-state index in [4.69, 9.17) is 9.47 Å². The fourth-order valence-corrected chi connectivity index (χ4v) is 3.44. The number of benzene rings is 2. The van der Waals surface area contributed by atoms with Gasteiger partial charge in [-0.25, -0.2) is 0 Å². The van der Waals surface area contributed by atoms with Crippen molar-refractivity contribution in [3.05, 3.63) is 59.7 Å². The molecule has 154 valence electrons. The second-order valence-electron chi connectivity index (χ2n) is 7.36. The van der Waals surface area contributed by atoms with Crippen LogP contribution in [-0.2, 0) is 4.79 Å². The van der Waals surface area contributed by atoms with Crippen LogP contribution in [0.2, 0.25) is 0 Å². The third kappa shape index (κ3) is 4.88. The van der Waals surface area contributed by atoms with Gasteiger partial charge in [0.15, 0.2) is 0 Å². The van der Waals surface area contributed by atoms with Crippen molar-refractivity contribution in [1.29, 1.82) is 0 Å². The van der Waals surface area contributed by atoms with Crippen LogP contribution in [0.3, 0.4) is 0 Å². The normalized spacial score (nSPS) is 16.3. The molecule has 0 radical (unpaired) electrons. The topological polar surface area (TPSA) is 76.7 Å². The fraction of sp³-hybridized carbons (Fsp3) is 0.391. The van der Waals surface area contributed by atoms with Gasteiger partial charge in [-0.05, 0) is 31.0 Å². The van der Waals surface area contributed by atoms with Crippen molar-refractivity contribution in [1.82, 2.24) is 10.6 Å². The first-order valence-electron chi connectivity index (χ1n) is 10.1. The van der Waals surface area contributed by atoms with Gasteiger partial charge < -0.3 is 20.1 Å². The van der Waals surface area contributed by atoms with Crippen LogP contribution < -0.4 is 20.1 Å². The van der Waals surface area contributed by atoms with Gasteiger partial charge >= 0.3 is 0 Å². The molecule has 29 heavy (non-hydrogen) atoms. The van der Waals surface area contributed by atoms with Gasteiger partial charge in [-0.2, -0.15) is 0 Å². The molecule has 0 unspecified atom stereocenters. The molecule has 0 aliphatic carbocycles. The highest BCUT2D eigenvalue weighted by Gasteiger charge is 2.29. The molecule has 2 aromatic rings. The zero-order valence-electron chi connectivity index (χ0n) is 17.1. The third-order valence-corrected chi connectivity index (χ3v) is 4.94. The highest BCUT2D eigenvalue weighted by atomic mass is 16.5. The molecule has 0 aromatic heterocycles. The number of nitrogens with one attached hydrogen (secondary N) is 2. The molecule has 0 fully saturated rings. The Balaban J connectivity index is 1.74. The third-order valence-electron chi connectivity index (χ3n) is 4.94. The minimum absolute atomic E-state index is 0.0757. The molecule has 3 rings (SSSR count). The molecule has 1 aliphatic heterocycles. The van der Waals surface area contributed by atoms with Crippen molar-refractivity contribution < 1.29 is 19.1 Å². The summed E-state index contributed by atoms with van der Waals surface area (Å²) in [6, 6.07) is 14.0. The molecular weight excluding hydrogens is 368 g/mol. The quantitative estimate of drug-likeness (QED) is 0.751. The lowest BCUT2D eigenvalue weighted by atomic mass is 9.98. The Morgan fingerprint density at radius 2 is 1.86 bits per heavy atom. The van der Waals surface area contributed by atoms with Crippen LogP contribution in [0.1, 0.15) is 49.2 Å². The Bertz CT molecular complexity index is 865. The summed E-state index contributed by atoms with van der Waals surface area (Å²) in [6.07, 6.45) is 0.689. The average Bonchev–Trinajstić information content (AvgIpc) is 2.72. The highest BCUT2D eigenvalue weighted by molar-refractivity contribution is 5.99. The van der Waals surface area contributed by atoms with E-state index in [9.17, 15) is 9.59 Å². The molecule has 2 amide bonds. The smallest absolute Gasteiger partial charge is 0.255 e. The number of carbonyl (C=O) groups is 2. The summed E-state index contributed by atoms with van der Waals surface area (Å²) >= 11 is 0. The van der Waals surface area contributed by atoms with Crippen LogP contribution >= 0.6 is 0 Å². The van der Waals surface area contributed by atoms with E-state index in [0.29, 0.717) is 30.9 Å². The molecule has 0 saturated heterocycles. The second kappa shape index (κ2) is 9.45. The minimum Gasteiger partial charge on any atom is -0.493 e. The maximum atomic E-state index is 13.0. The van der Waals surface area contributed by atoms with Gasteiger partial charge in [0, 0.05) is 12.0 Å². The van der Waals surface area contributed by atoms with Gasteiger partial charge in [0.2, 0.25) is 5.91 Å². The van der Waals surface area contributed by atoms with Gasteiger partial charge in [-0.1, -0.05) is 44.2 Å². The van der Waals surface area contributed by atoms with E-state index in [2.05, 4.69) is 10.6 Å². The van der Waals surface area contributed by atoms with Crippen LogP contribution in [0.25, 0.3) is 0 Å². The molecule has 1 heterocycles. The lowest BCUT2D eigenvalue weighted by Crippen LogP contribution is -2.50. The van der Waals surface area contributed by atoms with Crippen LogP contribution in [0.15, 0.2) is 48.5 Å². The molecule has 0 saturated carbocycles. The zero-order valence-corrected chi connectivity index (χ0v) is 17.1. The van der Waals surface area contributed by atoms with E-state index in [-0.39, 0.29) is 23.8 Å². The van der Waals surface area contributed by atoms with Gasteiger partial charge in [0.05, 0.1) is 24.8 Å². The second-order valence-corrected chi connectivity index (χ2v) is 7.36. The Labute approximate surface area is 171 Å². The Hall–Kier alpha value is -3.02. The number of para-hydroxylation sites is 2. The number of ether oxygens (including phenoxy) is 2. The Kier molecular flexibility index (Phi) is 6.75. The maximum absolute atomic E-state index is 13.0. The predicted molar refractivity (Wildman–Crippen MR) is 111 cm³/mol. The van der Waals surface area contributed by atoms with Crippen LogP contribution in [0, 0.1) is 5.92 Å². The lowest BCUT2D eigenvalue weighted by Gasteiger charge is -2.29. The summed E-state index contributed by atoms with van der Waals surface area (Å²) in [5.41, 5.74) is 1.38. The molecule has 0 spiro atoms. The molecule has 1 aliphatic rings. The zero-order chi connectivity index (χ0) is 20.8. The number of rotatable bonds is 7. The van der Waals surface area contributed by atoms with Gasteiger partial charge in [-0.3, -0.25) is 9.59 Å². The van der Waals surface area contributed by atoms with Gasteiger partial charge in [0.25, 0.3) is 5.91 Å². The van der Waals surface area contributed by atoms with Crippen LogP contribution in [0.4, 0.5) is 0 Å². The summed E-state index contributed by atoms with van der Waals surface area (Å²) < 4.78 is 11.2. The van der Waals surface area contributed by atoms with Gasteiger partial charge in [-0.15, -0.1) is 0 Å². The van der Waals surface area contributed by atoms with E-state index >= 15 is 0 Å². The van der Waals surface area contributed by atoms with Crippen molar-refractivity contribution >= 4 is 11.8 Å². The predicted octanol–water partition coefficient (Wildman–Crippen LogP) is 3.48. The number of amides is 2. The lowest BCUT2D eigenvalue weighted by molar-refractivity contribution is -0.124. The molecular formula is C23H28N2O4. The van der Waals surface area contributed by atoms with E-state index in [1.54, 1.807) is 18.2 Å². The molecule has 0 bridgehead atoms. The summed E-state index contributed by atoms with van der Waals surface area (Å²) in [6.45, 7) is 6.70. The molecule has 2 N–H and O–H groups in total. The van der Waals surface area contributed by atoms with Crippen molar-refractivity contribution in [2.75, 3.05) is 13.2 Å². The summed E-state index contributed by atoms with van der Waals surface area (Å²) in [7, 11) is 0. The number of hydrogen-bond acceptors (Lipinski definition) is 4. The van der Waals surface area contributed by atoms with E-state index in [1.165, 1.54) is 0 Å². The standard InChI is InChI=1S/C23H28N2O4/c1-4-28-20-12-8-6-10-17(20)22(26)25-21(15(2)3)23(27)24-18-13-14-29-19-11-7-5-9-16(18)19/h5-12,15,18,21H,4,13-14H2,1-3H3,(H,24,27)(H,25,26)/t18-,21+/m1/s1. The largest absolute Gasteiger partial charge is 0.493 e. The Morgan fingerprint density at radius 3 is 2.62 bits per heavy atom. The molecule has 2 aromatic carbocycles. The van der Waals surface area contributed by atoms with Crippen molar-refractivity contribution in [2.24, 2.45) is 5.92 Å². The average molecular weight is 396 g/mol. The number of fused-ring (bicyclic) bond motifs is 1. The first-order chi connectivity index (χ1) is 14.0. The minimum atomic E-state index is -0.660. The van der Waals surface area contributed by atoms with E-state index in [1.807, 2.05) is 51.1 Å². The van der Waals surface area contributed by atoms with Crippen molar-refractivity contribution in [2.45, 2.75) is 39.3 Å². The van der Waals surface area contributed by atoms with Crippen LogP contribution in [-0.4, -0.2) is 31.1 Å². The first kappa shape index (κ1) is 20.7. The molecule has 2 atom stereocenters. The van der Waals surface area contributed by atoms with Crippen LogP contribution in [0.5, 0.6) is 11.5 Å². The first-order valence-corrected chi connectivity index (χ1v) is 10.1. The Morgan fingerprint density at radius 1 is 1.14 bits per heavy atom. The molecule has 6 nitrogen and oxygen atoms in total. The maximum Gasteiger partial charge on any atom is 0.255 e. The monoisotopic (exact) mass is 396 g/mol. The summed E-state index contributed by atoms with van der Waals surface area (Å²) in [5, 5.41) is 5.97. The fourth-order valence-electron chi connectivity index (χ4n) is 3.44. The summed E-state index contributed by atoms with van der Waals surface area (Å²) in [4.78, 5) is 25.9. The SMILES string of the molecule is CCOc1ccccc1C(=O)N[C@H](C(=O)N[C@@H]1CCOc2ccccc21)C(C)C.